The minimum atomic E-state index is -0.163. The van der Waals surface area contributed by atoms with Crippen LogP contribution in [0.25, 0.3) is 0 Å². The van der Waals surface area contributed by atoms with Gasteiger partial charge in [-0.3, -0.25) is 4.79 Å². The zero-order valence-corrected chi connectivity index (χ0v) is 12.4. The van der Waals surface area contributed by atoms with Crippen LogP contribution < -0.4 is 14.8 Å². The highest BCUT2D eigenvalue weighted by molar-refractivity contribution is 7.98. The van der Waals surface area contributed by atoms with Crippen LogP contribution >= 0.6 is 11.8 Å². The highest BCUT2D eigenvalue weighted by Gasteiger charge is 2.15. The third-order valence-corrected chi connectivity index (χ3v) is 3.90. The molecule has 1 aliphatic heterocycles. The average molecular weight is 301 g/mol. The molecule has 2 aromatic rings. The molecule has 1 N–H and O–H groups in total. The molecule has 0 bridgehead atoms. The van der Waals surface area contributed by atoms with Crippen molar-refractivity contribution in [3.8, 4) is 11.5 Å². The predicted octanol–water partition coefficient (Wildman–Crippen LogP) is 3.43. The summed E-state index contributed by atoms with van der Waals surface area (Å²) in [5.41, 5.74) is 1.32. The predicted molar refractivity (Wildman–Crippen MR) is 83.6 cm³/mol. The van der Waals surface area contributed by atoms with E-state index in [9.17, 15) is 4.79 Å². The molecule has 21 heavy (non-hydrogen) atoms. The molecule has 1 amide bonds. The zero-order valence-electron chi connectivity index (χ0n) is 11.6. The number of fused-ring (bicyclic) bond motifs is 1. The Morgan fingerprint density at radius 1 is 1.05 bits per heavy atom. The zero-order chi connectivity index (χ0) is 14.7. The van der Waals surface area contributed by atoms with Crippen LogP contribution in [0.4, 0.5) is 5.69 Å². The molecule has 0 aliphatic carbocycles. The molecule has 4 nitrogen and oxygen atoms in total. The summed E-state index contributed by atoms with van der Waals surface area (Å²) in [6, 6.07) is 12.9. The van der Waals surface area contributed by atoms with Gasteiger partial charge in [-0.05, 0) is 48.7 Å². The molecule has 108 valence electrons. The second-order valence-electron chi connectivity index (χ2n) is 4.54. The van der Waals surface area contributed by atoms with Crippen LogP contribution in [0.15, 0.2) is 47.4 Å². The van der Waals surface area contributed by atoms with Gasteiger partial charge < -0.3 is 14.8 Å². The lowest BCUT2D eigenvalue weighted by atomic mass is 10.1. The monoisotopic (exact) mass is 301 g/mol. The number of ether oxygens (including phenoxy) is 2. The van der Waals surface area contributed by atoms with Crippen LogP contribution in [-0.4, -0.2) is 25.4 Å². The molecule has 3 rings (SSSR count). The Morgan fingerprint density at radius 3 is 2.48 bits per heavy atom. The van der Waals surface area contributed by atoms with Crippen molar-refractivity contribution in [1.29, 1.82) is 0 Å². The molecule has 0 saturated carbocycles. The first-order valence-corrected chi connectivity index (χ1v) is 7.84. The number of anilines is 1. The third kappa shape index (κ3) is 3.13. The second kappa shape index (κ2) is 6.10. The second-order valence-corrected chi connectivity index (χ2v) is 5.42. The van der Waals surface area contributed by atoms with Crippen LogP contribution in [0.1, 0.15) is 10.4 Å². The molecule has 1 heterocycles. The summed E-state index contributed by atoms with van der Waals surface area (Å²) in [6.45, 7) is 1.05. The van der Waals surface area contributed by atoms with Crippen molar-refractivity contribution in [3.63, 3.8) is 0 Å². The van der Waals surface area contributed by atoms with Crippen molar-refractivity contribution < 1.29 is 14.3 Å². The van der Waals surface area contributed by atoms with E-state index in [1.54, 1.807) is 30.0 Å². The van der Waals surface area contributed by atoms with Gasteiger partial charge in [0.05, 0.1) is 0 Å². The summed E-state index contributed by atoms with van der Waals surface area (Å²) in [7, 11) is 0. The topological polar surface area (TPSA) is 47.6 Å². The van der Waals surface area contributed by atoms with Gasteiger partial charge in [-0.2, -0.15) is 0 Å². The van der Waals surface area contributed by atoms with Crippen molar-refractivity contribution in [3.05, 3.63) is 48.0 Å². The Balaban J connectivity index is 1.75. The lowest BCUT2D eigenvalue weighted by Crippen LogP contribution is -2.17. The molecule has 5 heteroatoms. The van der Waals surface area contributed by atoms with E-state index >= 15 is 0 Å². The standard InChI is InChI=1S/C16H15NO3S/c1-21-13-5-3-12(4-6-13)17-16(18)11-2-7-14-15(10-11)20-9-8-19-14/h2-7,10H,8-9H2,1H3,(H,17,18). The van der Waals surface area contributed by atoms with E-state index in [0.717, 1.165) is 10.6 Å². The van der Waals surface area contributed by atoms with Crippen LogP contribution in [-0.2, 0) is 0 Å². The summed E-state index contributed by atoms with van der Waals surface area (Å²) >= 11 is 1.67. The lowest BCUT2D eigenvalue weighted by Gasteiger charge is -2.18. The first-order chi connectivity index (χ1) is 10.3. The summed E-state index contributed by atoms with van der Waals surface area (Å²) in [5, 5.41) is 2.87. The summed E-state index contributed by atoms with van der Waals surface area (Å²) in [5.74, 6) is 1.14. The van der Waals surface area contributed by atoms with Crippen molar-refractivity contribution in [1.82, 2.24) is 0 Å². The minimum Gasteiger partial charge on any atom is -0.486 e. The summed E-state index contributed by atoms with van der Waals surface area (Å²) in [6.07, 6.45) is 2.02. The normalized spacial score (nSPS) is 12.8. The van der Waals surface area contributed by atoms with Crippen molar-refractivity contribution >= 4 is 23.4 Å². The largest absolute Gasteiger partial charge is 0.486 e. The number of hydrogen-bond donors (Lipinski definition) is 1. The van der Waals surface area contributed by atoms with Crippen molar-refractivity contribution in [2.24, 2.45) is 0 Å². The molecule has 2 aromatic carbocycles. The molecule has 0 aromatic heterocycles. The van der Waals surface area contributed by atoms with Gasteiger partial charge >= 0.3 is 0 Å². The van der Waals surface area contributed by atoms with Crippen LogP contribution in [0.2, 0.25) is 0 Å². The molecule has 0 radical (unpaired) electrons. The maximum atomic E-state index is 12.2. The number of carbonyl (C=O) groups excluding carboxylic acids is 1. The molecule has 0 unspecified atom stereocenters. The minimum absolute atomic E-state index is 0.163. The van der Waals surface area contributed by atoms with Gasteiger partial charge in [0, 0.05) is 16.1 Å². The van der Waals surface area contributed by atoms with Crippen LogP contribution in [0.3, 0.4) is 0 Å². The van der Waals surface area contributed by atoms with E-state index in [0.29, 0.717) is 30.3 Å². The first kappa shape index (κ1) is 13.8. The van der Waals surface area contributed by atoms with Gasteiger partial charge in [0.25, 0.3) is 5.91 Å². The molecule has 0 fully saturated rings. The molecule has 0 saturated heterocycles. The number of rotatable bonds is 3. The van der Waals surface area contributed by atoms with Gasteiger partial charge in [-0.25, -0.2) is 0 Å². The van der Waals surface area contributed by atoms with Gasteiger partial charge in [-0.15, -0.1) is 11.8 Å². The number of thioether (sulfide) groups is 1. The number of benzene rings is 2. The van der Waals surface area contributed by atoms with Gasteiger partial charge in [0.15, 0.2) is 11.5 Å². The quantitative estimate of drug-likeness (QED) is 0.882. The maximum Gasteiger partial charge on any atom is 0.255 e. The number of carbonyl (C=O) groups is 1. The molecular formula is C16H15NO3S. The molecule has 0 atom stereocenters. The summed E-state index contributed by atoms with van der Waals surface area (Å²) < 4.78 is 10.9. The molecule has 0 spiro atoms. The van der Waals surface area contributed by atoms with Gasteiger partial charge in [0.2, 0.25) is 0 Å². The van der Waals surface area contributed by atoms with E-state index in [-0.39, 0.29) is 5.91 Å². The fourth-order valence-corrected chi connectivity index (χ4v) is 2.47. The molecular weight excluding hydrogens is 286 g/mol. The fourth-order valence-electron chi connectivity index (χ4n) is 2.06. The van der Waals surface area contributed by atoms with Crippen LogP contribution in [0.5, 0.6) is 11.5 Å². The third-order valence-electron chi connectivity index (χ3n) is 3.15. The van der Waals surface area contributed by atoms with Gasteiger partial charge in [0.1, 0.15) is 13.2 Å². The van der Waals surface area contributed by atoms with Crippen molar-refractivity contribution in [2.75, 3.05) is 24.8 Å². The highest BCUT2D eigenvalue weighted by atomic mass is 32.2. The summed E-state index contributed by atoms with van der Waals surface area (Å²) in [4.78, 5) is 13.4. The maximum absolute atomic E-state index is 12.2. The number of hydrogen-bond acceptors (Lipinski definition) is 4. The smallest absolute Gasteiger partial charge is 0.255 e. The van der Waals surface area contributed by atoms with E-state index in [1.165, 1.54) is 0 Å². The SMILES string of the molecule is CSc1ccc(NC(=O)c2ccc3c(c2)OCCO3)cc1. The van der Waals surface area contributed by atoms with Gasteiger partial charge in [-0.1, -0.05) is 0 Å². The average Bonchev–Trinajstić information content (AvgIpc) is 2.55. The van der Waals surface area contributed by atoms with E-state index < -0.39 is 0 Å². The lowest BCUT2D eigenvalue weighted by molar-refractivity contribution is 0.102. The Hall–Kier alpha value is -2.14. The Morgan fingerprint density at radius 2 is 1.76 bits per heavy atom. The van der Waals surface area contributed by atoms with Crippen LogP contribution in [0, 0.1) is 0 Å². The first-order valence-electron chi connectivity index (χ1n) is 6.61. The van der Waals surface area contributed by atoms with E-state index in [2.05, 4.69) is 5.32 Å². The molecule has 1 aliphatic rings. The fraction of sp³-hybridized carbons (Fsp3) is 0.188. The van der Waals surface area contributed by atoms with E-state index in [4.69, 9.17) is 9.47 Å². The van der Waals surface area contributed by atoms with Crippen molar-refractivity contribution in [2.45, 2.75) is 4.90 Å². The highest BCUT2D eigenvalue weighted by Crippen LogP contribution is 2.31. The van der Waals surface area contributed by atoms with E-state index in [1.807, 2.05) is 30.5 Å². The Bertz CT molecular complexity index is 655. The Labute approximate surface area is 127 Å². The number of nitrogens with one attached hydrogen (secondary N) is 1. The number of amides is 1. The Kier molecular flexibility index (Phi) is 4.01.